The Morgan fingerprint density at radius 3 is 2.31 bits per heavy atom. The van der Waals surface area contributed by atoms with Gasteiger partial charge in [-0.1, -0.05) is 48.2 Å². The maximum absolute atomic E-state index is 13.0. The summed E-state index contributed by atoms with van der Waals surface area (Å²) < 4.78 is 23.1. The Hall–Kier alpha value is -3.49. The number of thioether (sulfide) groups is 1. The van der Waals surface area contributed by atoms with Gasteiger partial charge in [-0.2, -0.15) is 0 Å². The van der Waals surface area contributed by atoms with Crippen LogP contribution < -0.4 is 23.8 Å². The smallest absolute Gasteiger partial charge is 0.270 e. The Morgan fingerprint density at radius 2 is 1.60 bits per heavy atom. The molecule has 1 aliphatic heterocycles. The Bertz CT molecular complexity index is 1210. The summed E-state index contributed by atoms with van der Waals surface area (Å²) in [6.07, 6.45) is 1.82. The molecule has 3 aromatic rings. The highest BCUT2D eigenvalue weighted by Crippen LogP contribution is 2.37. The third-order valence-corrected chi connectivity index (χ3v) is 6.34. The van der Waals surface area contributed by atoms with Crippen LogP contribution in [0, 0.1) is 0 Å². The fourth-order valence-electron chi connectivity index (χ4n) is 3.40. The fraction of sp³-hybridized carbons (Fsp3) is 0.185. The van der Waals surface area contributed by atoms with Crippen LogP contribution in [0.1, 0.15) is 12.5 Å². The quantitative estimate of drug-likeness (QED) is 0.191. The third kappa shape index (κ3) is 6.15. The van der Waals surface area contributed by atoms with Crippen LogP contribution in [0.4, 0.5) is 5.69 Å². The summed E-state index contributed by atoms with van der Waals surface area (Å²) in [6, 6.07) is 22.4. The monoisotopic (exact) mass is 507 g/mol. The van der Waals surface area contributed by atoms with Crippen molar-refractivity contribution in [1.29, 1.82) is 0 Å². The largest absolute Gasteiger partial charge is 0.497 e. The van der Waals surface area contributed by atoms with Crippen LogP contribution in [0.3, 0.4) is 0 Å². The van der Waals surface area contributed by atoms with Gasteiger partial charge < -0.3 is 18.9 Å². The number of rotatable bonds is 10. The lowest BCUT2D eigenvalue weighted by atomic mass is 10.1. The van der Waals surface area contributed by atoms with Crippen molar-refractivity contribution < 1.29 is 23.7 Å². The number of thiocarbonyl (C=S) groups is 1. The highest BCUT2D eigenvalue weighted by Gasteiger charge is 2.33. The first-order valence-electron chi connectivity index (χ1n) is 11.1. The van der Waals surface area contributed by atoms with Crippen LogP contribution in [-0.4, -0.2) is 37.2 Å². The molecule has 1 amide bonds. The van der Waals surface area contributed by atoms with Crippen molar-refractivity contribution in [3.8, 4) is 23.0 Å². The summed E-state index contributed by atoms with van der Waals surface area (Å²) in [6.45, 7) is 3.12. The lowest BCUT2D eigenvalue weighted by Gasteiger charge is -2.14. The van der Waals surface area contributed by atoms with E-state index in [1.165, 1.54) is 11.8 Å². The van der Waals surface area contributed by atoms with Crippen molar-refractivity contribution in [3.63, 3.8) is 0 Å². The SMILES string of the molecule is CCOc1cc(/C=C2\SC(=S)N(c3ccccc3)C2=O)ccc1OCCOc1ccc(OC)cc1. The number of hydrogen-bond donors (Lipinski definition) is 0. The number of nitrogens with zero attached hydrogens (tertiary/aromatic N) is 1. The van der Waals surface area contributed by atoms with Crippen LogP contribution in [-0.2, 0) is 4.79 Å². The third-order valence-electron chi connectivity index (χ3n) is 5.04. The number of carbonyl (C=O) groups excluding carboxylic acids is 1. The van der Waals surface area contributed by atoms with E-state index in [-0.39, 0.29) is 5.91 Å². The fourth-order valence-corrected chi connectivity index (χ4v) is 4.70. The predicted octanol–water partition coefficient (Wildman–Crippen LogP) is 5.96. The van der Waals surface area contributed by atoms with Crippen LogP contribution in [0.5, 0.6) is 23.0 Å². The number of ether oxygens (including phenoxy) is 4. The number of amides is 1. The molecule has 0 atom stereocenters. The zero-order chi connectivity index (χ0) is 24.6. The molecule has 0 N–H and O–H groups in total. The van der Waals surface area contributed by atoms with Gasteiger partial charge in [-0.3, -0.25) is 9.69 Å². The minimum absolute atomic E-state index is 0.139. The molecule has 0 radical (unpaired) electrons. The molecule has 3 aromatic carbocycles. The summed E-state index contributed by atoms with van der Waals surface area (Å²) in [5.41, 5.74) is 1.58. The minimum Gasteiger partial charge on any atom is -0.497 e. The van der Waals surface area contributed by atoms with Gasteiger partial charge in [-0.25, -0.2) is 0 Å². The standard InChI is InChI=1S/C27H25NO5S2/c1-3-31-24-17-19(18-25-26(29)28(27(34)35-25)20-7-5-4-6-8-20)9-14-23(24)33-16-15-32-22-12-10-21(30-2)11-13-22/h4-14,17-18H,3,15-16H2,1-2H3/b25-18-. The first-order chi connectivity index (χ1) is 17.1. The zero-order valence-electron chi connectivity index (χ0n) is 19.4. The lowest BCUT2D eigenvalue weighted by molar-refractivity contribution is -0.113. The van der Waals surface area contributed by atoms with E-state index in [1.54, 1.807) is 12.0 Å². The van der Waals surface area contributed by atoms with Crippen molar-refractivity contribution in [2.45, 2.75) is 6.92 Å². The molecule has 0 aliphatic carbocycles. The van der Waals surface area contributed by atoms with E-state index in [4.69, 9.17) is 31.2 Å². The predicted molar refractivity (Wildman–Crippen MR) is 144 cm³/mol. The summed E-state index contributed by atoms with van der Waals surface area (Å²) in [5.74, 6) is 2.59. The number of carbonyl (C=O) groups is 1. The molecule has 8 heteroatoms. The van der Waals surface area contributed by atoms with E-state index in [0.29, 0.717) is 40.5 Å². The van der Waals surface area contributed by atoms with Gasteiger partial charge in [0.25, 0.3) is 5.91 Å². The Labute approximate surface area is 214 Å². The Kier molecular flexibility index (Phi) is 8.28. The number of methoxy groups -OCH3 is 1. The second-order valence-electron chi connectivity index (χ2n) is 7.36. The summed E-state index contributed by atoms with van der Waals surface area (Å²) in [7, 11) is 1.63. The van der Waals surface area contributed by atoms with E-state index in [9.17, 15) is 4.79 Å². The minimum atomic E-state index is -0.139. The first kappa shape index (κ1) is 24.6. The summed E-state index contributed by atoms with van der Waals surface area (Å²) in [4.78, 5) is 15.1. The number of para-hydroxylation sites is 1. The normalized spacial score (nSPS) is 14.3. The van der Waals surface area contributed by atoms with Gasteiger partial charge >= 0.3 is 0 Å². The molecular formula is C27H25NO5S2. The van der Waals surface area contributed by atoms with Crippen LogP contribution in [0.25, 0.3) is 6.08 Å². The molecule has 0 saturated carbocycles. The molecule has 180 valence electrons. The molecule has 35 heavy (non-hydrogen) atoms. The topological polar surface area (TPSA) is 57.2 Å². The molecule has 0 bridgehead atoms. The molecule has 6 nitrogen and oxygen atoms in total. The van der Waals surface area contributed by atoms with Crippen LogP contribution >= 0.6 is 24.0 Å². The number of anilines is 1. The number of benzene rings is 3. The van der Waals surface area contributed by atoms with Gasteiger partial charge in [0.05, 0.1) is 24.3 Å². The van der Waals surface area contributed by atoms with Crippen LogP contribution in [0.15, 0.2) is 77.7 Å². The second-order valence-corrected chi connectivity index (χ2v) is 9.04. The van der Waals surface area contributed by atoms with Gasteiger partial charge in [0.2, 0.25) is 0 Å². The van der Waals surface area contributed by atoms with Gasteiger partial charge in [0, 0.05) is 0 Å². The average Bonchev–Trinajstić information content (AvgIpc) is 3.16. The van der Waals surface area contributed by atoms with Gasteiger partial charge in [0.1, 0.15) is 24.7 Å². The molecule has 1 fully saturated rings. The van der Waals surface area contributed by atoms with E-state index in [1.807, 2.05) is 85.8 Å². The lowest BCUT2D eigenvalue weighted by Crippen LogP contribution is -2.27. The van der Waals surface area contributed by atoms with E-state index < -0.39 is 0 Å². The van der Waals surface area contributed by atoms with Crippen molar-refractivity contribution in [1.82, 2.24) is 0 Å². The van der Waals surface area contributed by atoms with Gasteiger partial charge in [0.15, 0.2) is 15.8 Å². The molecule has 0 aromatic heterocycles. The van der Waals surface area contributed by atoms with E-state index in [0.717, 1.165) is 22.7 Å². The first-order valence-corrected chi connectivity index (χ1v) is 12.3. The van der Waals surface area contributed by atoms with Crippen molar-refractivity contribution in [2.24, 2.45) is 0 Å². The maximum atomic E-state index is 13.0. The second kappa shape index (κ2) is 11.8. The Balaban J connectivity index is 1.41. The summed E-state index contributed by atoms with van der Waals surface area (Å²) >= 11 is 6.74. The molecular weight excluding hydrogens is 482 g/mol. The van der Waals surface area contributed by atoms with Crippen molar-refractivity contribution in [2.75, 3.05) is 31.8 Å². The van der Waals surface area contributed by atoms with Crippen LogP contribution in [0.2, 0.25) is 0 Å². The maximum Gasteiger partial charge on any atom is 0.270 e. The molecule has 1 saturated heterocycles. The van der Waals surface area contributed by atoms with E-state index >= 15 is 0 Å². The zero-order valence-corrected chi connectivity index (χ0v) is 21.1. The molecule has 0 unspecified atom stereocenters. The molecule has 0 spiro atoms. The van der Waals surface area contributed by atoms with E-state index in [2.05, 4.69) is 0 Å². The molecule has 1 heterocycles. The highest BCUT2D eigenvalue weighted by atomic mass is 32.2. The summed E-state index contributed by atoms with van der Waals surface area (Å²) in [5, 5.41) is 0. The molecule has 4 rings (SSSR count). The van der Waals surface area contributed by atoms with Crippen molar-refractivity contribution >= 4 is 46.0 Å². The molecule has 1 aliphatic rings. The highest BCUT2D eigenvalue weighted by molar-refractivity contribution is 8.27. The Morgan fingerprint density at radius 1 is 0.886 bits per heavy atom. The number of hydrogen-bond acceptors (Lipinski definition) is 7. The van der Waals surface area contributed by atoms with Gasteiger partial charge in [-0.15, -0.1) is 0 Å². The average molecular weight is 508 g/mol. The van der Waals surface area contributed by atoms with Gasteiger partial charge in [-0.05, 0) is 67.1 Å². The van der Waals surface area contributed by atoms with Crippen molar-refractivity contribution in [3.05, 3.63) is 83.3 Å².